The molecule has 0 aliphatic heterocycles. The molecule has 1 aromatic rings. The highest BCUT2D eigenvalue weighted by Crippen LogP contribution is 2.35. The summed E-state index contributed by atoms with van der Waals surface area (Å²) < 4.78 is 18.0. The van der Waals surface area contributed by atoms with E-state index in [9.17, 15) is 4.39 Å². The topological polar surface area (TPSA) is 12.0 Å². The van der Waals surface area contributed by atoms with E-state index in [0.29, 0.717) is 5.56 Å². The number of nitrogens with one attached hydrogen (secondary N) is 1. The van der Waals surface area contributed by atoms with Crippen LogP contribution < -0.4 is 4.72 Å². The fraction of sp³-hybridized carbons (Fsp3) is 0.579. The van der Waals surface area contributed by atoms with Gasteiger partial charge in [-0.25, -0.2) is 4.39 Å². The van der Waals surface area contributed by atoms with Crippen molar-refractivity contribution in [1.29, 1.82) is 0 Å². The van der Waals surface area contributed by atoms with Gasteiger partial charge in [0.05, 0.1) is 5.54 Å². The van der Waals surface area contributed by atoms with Gasteiger partial charge in [0.25, 0.3) is 0 Å². The van der Waals surface area contributed by atoms with Gasteiger partial charge in [-0.05, 0) is 63.1 Å². The minimum absolute atomic E-state index is 0.191. The van der Waals surface area contributed by atoms with E-state index in [2.05, 4.69) is 60.3 Å². The fourth-order valence-electron chi connectivity index (χ4n) is 2.63. The van der Waals surface area contributed by atoms with Crippen LogP contribution in [0.15, 0.2) is 34.3 Å². The van der Waals surface area contributed by atoms with Crippen molar-refractivity contribution in [2.75, 3.05) is 0 Å². The third kappa shape index (κ3) is 6.98. The Balaban J connectivity index is 0.000000593. The normalized spacial score (nSPS) is 17.1. The maximum absolute atomic E-state index is 14.1. The summed E-state index contributed by atoms with van der Waals surface area (Å²) in [5.41, 5.74) is 1.57. The fourth-order valence-corrected chi connectivity index (χ4v) is 3.20. The predicted molar refractivity (Wildman–Crippen MR) is 105 cm³/mol. The van der Waals surface area contributed by atoms with Gasteiger partial charge in [-0.3, -0.25) is 4.72 Å². The molecule has 2 rings (SSSR count). The molecule has 1 nitrogen and oxygen atoms in total. The summed E-state index contributed by atoms with van der Waals surface area (Å²) in [6, 6.07) is 5.05. The van der Waals surface area contributed by atoms with Crippen LogP contribution in [0.2, 0.25) is 0 Å². The quantitative estimate of drug-likeness (QED) is 0.417. The molecular formula is C19H29BrFNS. The van der Waals surface area contributed by atoms with E-state index in [1.54, 1.807) is 6.07 Å². The van der Waals surface area contributed by atoms with Crippen molar-refractivity contribution in [3.05, 3.63) is 45.7 Å². The van der Waals surface area contributed by atoms with Crippen LogP contribution in [0.1, 0.15) is 65.4 Å². The molecule has 1 aliphatic carbocycles. The molecule has 0 heterocycles. The zero-order valence-corrected chi connectivity index (χ0v) is 17.1. The smallest absolute Gasteiger partial charge is 0.128 e. The van der Waals surface area contributed by atoms with E-state index < -0.39 is 5.54 Å². The van der Waals surface area contributed by atoms with E-state index >= 15 is 0 Å². The van der Waals surface area contributed by atoms with Crippen molar-refractivity contribution in [3.63, 3.8) is 0 Å². The lowest BCUT2D eigenvalue weighted by Crippen LogP contribution is -2.35. The number of benzene rings is 1. The van der Waals surface area contributed by atoms with Crippen molar-refractivity contribution in [2.45, 2.75) is 65.3 Å². The molecule has 1 aromatic carbocycles. The highest BCUT2D eigenvalue weighted by atomic mass is 79.9. The summed E-state index contributed by atoms with van der Waals surface area (Å²) >= 11 is 7.64. The van der Waals surface area contributed by atoms with Gasteiger partial charge in [-0.15, -0.1) is 0 Å². The Morgan fingerprint density at radius 2 is 1.96 bits per heavy atom. The minimum Gasteiger partial charge on any atom is -0.256 e. The zero-order chi connectivity index (χ0) is 17.5. The average Bonchev–Trinajstić information content (AvgIpc) is 2.50. The van der Waals surface area contributed by atoms with E-state index in [1.807, 2.05) is 13.0 Å². The summed E-state index contributed by atoms with van der Waals surface area (Å²) in [5, 5.41) is 0. The third-order valence-corrected chi connectivity index (χ3v) is 4.72. The second kappa shape index (κ2) is 9.85. The maximum atomic E-state index is 14.1. The van der Waals surface area contributed by atoms with Gasteiger partial charge in [0.2, 0.25) is 0 Å². The Hall–Kier alpha value is -0.320. The SMILES string of the molecule is CC(C)C.CC(CC1=CCCCC1)(NS)c1cc(Br)ccc1F. The van der Waals surface area contributed by atoms with Crippen LogP contribution in [0.25, 0.3) is 0 Å². The number of hydrogen-bond acceptors (Lipinski definition) is 2. The average molecular weight is 402 g/mol. The molecule has 0 spiro atoms. The van der Waals surface area contributed by atoms with Crippen molar-refractivity contribution in [2.24, 2.45) is 5.92 Å². The molecule has 0 fully saturated rings. The van der Waals surface area contributed by atoms with Crippen LogP contribution in [0.4, 0.5) is 4.39 Å². The molecule has 4 heteroatoms. The van der Waals surface area contributed by atoms with Crippen LogP contribution in [-0.2, 0) is 5.54 Å². The van der Waals surface area contributed by atoms with Crippen LogP contribution in [0.3, 0.4) is 0 Å². The lowest BCUT2D eigenvalue weighted by atomic mass is 9.83. The van der Waals surface area contributed by atoms with E-state index in [0.717, 1.165) is 29.7 Å². The lowest BCUT2D eigenvalue weighted by Gasteiger charge is -2.31. The van der Waals surface area contributed by atoms with Gasteiger partial charge in [-0.2, -0.15) is 0 Å². The molecule has 1 atom stereocenters. The van der Waals surface area contributed by atoms with E-state index in [-0.39, 0.29) is 5.82 Å². The molecule has 1 aliphatic rings. The van der Waals surface area contributed by atoms with Crippen LogP contribution in [0, 0.1) is 11.7 Å². The van der Waals surface area contributed by atoms with Crippen molar-refractivity contribution in [3.8, 4) is 0 Å². The van der Waals surface area contributed by atoms with Gasteiger partial charge in [0.1, 0.15) is 5.82 Å². The Morgan fingerprint density at radius 3 is 2.48 bits per heavy atom. The van der Waals surface area contributed by atoms with Crippen molar-refractivity contribution in [1.82, 2.24) is 4.72 Å². The van der Waals surface area contributed by atoms with Crippen LogP contribution >= 0.6 is 28.7 Å². The van der Waals surface area contributed by atoms with Gasteiger partial charge < -0.3 is 0 Å². The van der Waals surface area contributed by atoms with Crippen molar-refractivity contribution >= 4 is 28.7 Å². The second-order valence-corrected chi connectivity index (χ2v) is 8.22. The number of allylic oxidation sites excluding steroid dienone is 1. The molecule has 23 heavy (non-hydrogen) atoms. The Morgan fingerprint density at radius 1 is 1.30 bits per heavy atom. The predicted octanol–water partition coefficient (Wildman–Crippen LogP) is 6.79. The molecular weight excluding hydrogens is 373 g/mol. The maximum Gasteiger partial charge on any atom is 0.128 e. The third-order valence-electron chi connectivity index (χ3n) is 3.74. The lowest BCUT2D eigenvalue weighted by molar-refractivity contribution is 0.416. The van der Waals surface area contributed by atoms with Crippen LogP contribution in [-0.4, -0.2) is 0 Å². The van der Waals surface area contributed by atoms with Gasteiger partial charge in [0, 0.05) is 10.0 Å². The first-order valence-electron chi connectivity index (χ1n) is 8.33. The monoisotopic (exact) mass is 401 g/mol. The summed E-state index contributed by atoms with van der Waals surface area (Å²) in [5.74, 6) is 0.642. The van der Waals surface area contributed by atoms with Crippen molar-refractivity contribution < 1.29 is 4.39 Å². The summed E-state index contributed by atoms with van der Waals surface area (Å²) in [6.45, 7) is 8.50. The second-order valence-electron chi connectivity index (χ2n) is 7.09. The minimum atomic E-state index is -0.486. The molecule has 0 bridgehead atoms. The molecule has 0 amide bonds. The highest BCUT2D eigenvalue weighted by molar-refractivity contribution is 9.10. The Kier molecular flexibility index (Phi) is 8.88. The number of thiol groups is 1. The highest BCUT2D eigenvalue weighted by Gasteiger charge is 2.29. The van der Waals surface area contributed by atoms with E-state index in [1.165, 1.54) is 24.5 Å². The molecule has 0 aromatic heterocycles. The molecule has 0 saturated heterocycles. The summed E-state index contributed by atoms with van der Waals surface area (Å²) in [4.78, 5) is 0. The number of rotatable bonds is 4. The Labute approximate surface area is 154 Å². The first kappa shape index (κ1) is 20.7. The molecule has 130 valence electrons. The first-order valence-corrected chi connectivity index (χ1v) is 9.57. The standard InChI is InChI=1S/C15H19BrFNS.C4H10/c1-15(18-19,10-11-5-3-2-4-6-11)13-9-12(16)7-8-14(13)17;1-4(2)3/h5,7-9,18-19H,2-4,6,10H2,1H3;4H,1-3H3. The molecule has 0 radical (unpaired) electrons. The van der Waals surface area contributed by atoms with Crippen LogP contribution in [0.5, 0.6) is 0 Å². The molecule has 0 saturated carbocycles. The van der Waals surface area contributed by atoms with E-state index in [4.69, 9.17) is 0 Å². The van der Waals surface area contributed by atoms with Gasteiger partial charge in [-0.1, -0.05) is 61.2 Å². The number of halogens is 2. The summed E-state index contributed by atoms with van der Waals surface area (Å²) in [6.07, 6.45) is 7.83. The summed E-state index contributed by atoms with van der Waals surface area (Å²) in [7, 11) is 0. The van der Waals surface area contributed by atoms with Gasteiger partial charge >= 0.3 is 0 Å². The Bertz CT molecular complexity index is 527. The number of hydrogen-bond donors (Lipinski definition) is 2. The van der Waals surface area contributed by atoms with Gasteiger partial charge in [0.15, 0.2) is 0 Å². The largest absolute Gasteiger partial charge is 0.256 e. The first-order chi connectivity index (χ1) is 10.8. The molecule has 1 N–H and O–H groups in total. The zero-order valence-electron chi connectivity index (χ0n) is 14.6. The molecule has 1 unspecified atom stereocenters.